The van der Waals surface area contributed by atoms with Crippen LogP contribution >= 0.6 is 11.8 Å². The minimum absolute atomic E-state index is 0.113. The van der Waals surface area contributed by atoms with Gasteiger partial charge in [-0.3, -0.25) is 4.79 Å². The molecule has 0 amide bonds. The summed E-state index contributed by atoms with van der Waals surface area (Å²) >= 11 is 1.42. The third-order valence-corrected chi connectivity index (χ3v) is 4.30. The van der Waals surface area contributed by atoms with Crippen molar-refractivity contribution >= 4 is 17.7 Å². The number of benzene rings is 1. The average molecular weight is 312 g/mol. The molecule has 0 aliphatic heterocycles. The molecule has 5 heteroatoms. The summed E-state index contributed by atoms with van der Waals surface area (Å²) in [7, 11) is 0. The fourth-order valence-electron chi connectivity index (χ4n) is 1.74. The molecule has 21 heavy (non-hydrogen) atoms. The molecule has 0 radical (unpaired) electrons. The molecular weight excluding hydrogens is 288 g/mol. The maximum atomic E-state index is 11.1. The fraction of sp³-hybridized carbons (Fsp3) is 0.562. The Bertz CT molecular complexity index is 417. The van der Waals surface area contributed by atoms with Crippen LogP contribution in [0.25, 0.3) is 0 Å². The van der Waals surface area contributed by atoms with Gasteiger partial charge in [0.15, 0.2) is 0 Å². The second kappa shape index (κ2) is 9.55. The van der Waals surface area contributed by atoms with Crippen molar-refractivity contribution in [2.75, 3.05) is 19.0 Å². The summed E-state index contributed by atoms with van der Waals surface area (Å²) in [4.78, 5) is 11.1. The Balaban J connectivity index is 2.30. The van der Waals surface area contributed by atoms with Crippen LogP contribution < -0.4 is 9.47 Å². The van der Waals surface area contributed by atoms with Crippen molar-refractivity contribution in [3.8, 4) is 11.5 Å². The molecule has 0 bridgehead atoms. The van der Waals surface area contributed by atoms with Gasteiger partial charge in [0.05, 0.1) is 13.2 Å². The number of aliphatic carboxylic acids is 1. The Morgan fingerprint density at radius 1 is 1.14 bits per heavy atom. The Kier molecular flexibility index (Phi) is 8.05. The third-order valence-electron chi connectivity index (χ3n) is 2.79. The molecule has 0 aliphatic carbocycles. The summed E-state index contributed by atoms with van der Waals surface area (Å²) in [5, 5.41) is 8.71. The average Bonchev–Trinajstić information content (AvgIpc) is 2.45. The van der Waals surface area contributed by atoms with Gasteiger partial charge in [-0.2, -0.15) is 0 Å². The van der Waals surface area contributed by atoms with E-state index < -0.39 is 5.97 Å². The molecule has 1 N–H and O–H groups in total. The molecule has 0 saturated heterocycles. The predicted molar refractivity (Wildman–Crippen MR) is 86.4 cm³/mol. The number of carboxylic acids is 1. The van der Waals surface area contributed by atoms with Crippen molar-refractivity contribution in [1.82, 2.24) is 0 Å². The van der Waals surface area contributed by atoms with Crippen LogP contribution in [0.5, 0.6) is 11.5 Å². The Labute approximate surface area is 130 Å². The van der Waals surface area contributed by atoms with Gasteiger partial charge in [-0.1, -0.05) is 20.8 Å². The van der Waals surface area contributed by atoms with Crippen molar-refractivity contribution in [1.29, 1.82) is 0 Å². The van der Waals surface area contributed by atoms with Gasteiger partial charge in [0.2, 0.25) is 0 Å². The van der Waals surface area contributed by atoms with Gasteiger partial charge in [0, 0.05) is 5.75 Å². The fourth-order valence-corrected chi connectivity index (χ4v) is 2.70. The molecule has 1 atom stereocenters. The summed E-state index contributed by atoms with van der Waals surface area (Å²) in [6.45, 7) is 7.11. The molecule has 4 nitrogen and oxygen atoms in total. The van der Waals surface area contributed by atoms with Crippen LogP contribution in [-0.4, -0.2) is 35.3 Å². The third kappa shape index (κ3) is 6.76. The molecular formula is C16H24O4S. The zero-order chi connectivity index (χ0) is 15.7. The number of carbonyl (C=O) groups is 1. The topological polar surface area (TPSA) is 55.8 Å². The molecule has 0 spiro atoms. The van der Waals surface area contributed by atoms with E-state index in [4.69, 9.17) is 14.6 Å². The zero-order valence-electron chi connectivity index (χ0n) is 12.9. The highest BCUT2D eigenvalue weighted by Gasteiger charge is 2.21. The van der Waals surface area contributed by atoms with Crippen LogP contribution in [0, 0.1) is 5.92 Å². The molecule has 1 rings (SSSR count). The number of ether oxygens (including phenoxy) is 2. The zero-order valence-corrected chi connectivity index (χ0v) is 13.7. The number of thioether (sulfide) groups is 1. The Morgan fingerprint density at radius 2 is 1.67 bits per heavy atom. The van der Waals surface area contributed by atoms with E-state index in [9.17, 15) is 4.79 Å². The second-order valence-corrected chi connectivity index (χ2v) is 6.29. The summed E-state index contributed by atoms with van der Waals surface area (Å²) in [5.41, 5.74) is 0. The van der Waals surface area contributed by atoms with Gasteiger partial charge in [-0.05, 0) is 36.6 Å². The van der Waals surface area contributed by atoms with Crippen molar-refractivity contribution < 1.29 is 19.4 Å². The van der Waals surface area contributed by atoms with Gasteiger partial charge in [0.1, 0.15) is 16.7 Å². The Hall–Kier alpha value is -1.36. The highest BCUT2D eigenvalue weighted by atomic mass is 32.2. The maximum Gasteiger partial charge on any atom is 0.316 e. The lowest BCUT2D eigenvalue weighted by atomic mass is 10.1. The molecule has 1 aromatic rings. The van der Waals surface area contributed by atoms with E-state index in [0.29, 0.717) is 19.0 Å². The first-order valence-electron chi connectivity index (χ1n) is 7.24. The number of carboxylic acid groups (broad SMARTS) is 1. The largest absolute Gasteiger partial charge is 0.494 e. The van der Waals surface area contributed by atoms with Crippen LogP contribution in [0.1, 0.15) is 27.2 Å². The number of hydrogen-bond acceptors (Lipinski definition) is 4. The standard InChI is InChI=1S/C16H24O4S/c1-4-9-19-13-5-7-14(8-6-13)20-10-11-21-15(12(2)3)16(17)18/h5-8,12,15H,4,9-11H2,1-3H3,(H,17,18). The summed E-state index contributed by atoms with van der Waals surface area (Å²) in [5.74, 6) is 1.62. The van der Waals surface area contributed by atoms with Gasteiger partial charge < -0.3 is 14.6 Å². The van der Waals surface area contributed by atoms with Crippen LogP contribution in [0.3, 0.4) is 0 Å². The highest BCUT2D eigenvalue weighted by molar-refractivity contribution is 8.00. The molecule has 1 unspecified atom stereocenters. The van der Waals surface area contributed by atoms with E-state index in [2.05, 4.69) is 6.92 Å². The van der Waals surface area contributed by atoms with E-state index in [1.807, 2.05) is 38.1 Å². The van der Waals surface area contributed by atoms with E-state index in [0.717, 1.165) is 17.9 Å². The van der Waals surface area contributed by atoms with E-state index >= 15 is 0 Å². The predicted octanol–water partition coefficient (Wildman–Crippen LogP) is 3.70. The summed E-state index contributed by atoms with van der Waals surface area (Å²) < 4.78 is 11.1. The van der Waals surface area contributed by atoms with Gasteiger partial charge in [-0.15, -0.1) is 11.8 Å². The van der Waals surface area contributed by atoms with Crippen molar-refractivity contribution in [3.05, 3.63) is 24.3 Å². The van der Waals surface area contributed by atoms with Crippen LogP contribution in [0.4, 0.5) is 0 Å². The van der Waals surface area contributed by atoms with Crippen molar-refractivity contribution in [2.45, 2.75) is 32.4 Å². The molecule has 0 heterocycles. The lowest BCUT2D eigenvalue weighted by Crippen LogP contribution is -2.23. The molecule has 0 fully saturated rings. The second-order valence-electron chi connectivity index (χ2n) is 5.04. The van der Waals surface area contributed by atoms with Crippen molar-refractivity contribution in [3.63, 3.8) is 0 Å². The van der Waals surface area contributed by atoms with E-state index in [-0.39, 0.29) is 11.2 Å². The monoisotopic (exact) mass is 312 g/mol. The minimum atomic E-state index is -0.757. The quantitative estimate of drug-likeness (QED) is 0.668. The Morgan fingerprint density at radius 3 is 2.10 bits per heavy atom. The van der Waals surface area contributed by atoms with E-state index in [1.54, 1.807) is 0 Å². The number of rotatable bonds is 10. The summed E-state index contributed by atoms with van der Waals surface area (Å²) in [6.07, 6.45) is 0.982. The molecule has 0 saturated carbocycles. The normalized spacial score (nSPS) is 12.2. The first kappa shape index (κ1) is 17.7. The van der Waals surface area contributed by atoms with Crippen LogP contribution in [0.2, 0.25) is 0 Å². The smallest absolute Gasteiger partial charge is 0.316 e. The first-order chi connectivity index (χ1) is 10.0. The van der Waals surface area contributed by atoms with E-state index in [1.165, 1.54) is 11.8 Å². The highest BCUT2D eigenvalue weighted by Crippen LogP contribution is 2.21. The van der Waals surface area contributed by atoms with Gasteiger partial charge >= 0.3 is 5.97 Å². The molecule has 118 valence electrons. The lowest BCUT2D eigenvalue weighted by molar-refractivity contribution is -0.137. The van der Waals surface area contributed by atoms with Gasteiger partial charge in [0.25, 0.3) is 0 Å². The molecule has 0 aliphatic rings. The van der Waals surface area contributed by atoms with Crippen LogP contribution in [0.15, 0.2) is 24.3 Å². The molecule has 0 aromatic heterocycles. The lowest BCUT2D eigenvalue weighted by Gasteiger charge is -2.15. The molecule has 1 aromatic carbocycles. The SMILES string of the molecule is CCCOc1ccc(OCCSC(C(=O)O)C(C)C)cc1. The minimum Gasteiger partial charge on any atom is -0.494 e. The maximum absolute atomic E-state index is 11.1. The van der Waals surface area contributed by atoms with Crippen LogP contribution in [-0.2, 0) is 4.79 Å². The van der Waals surface area contributed by atoms with Gasteiger partial charge in [-0.25, -0.2) is 0 Å². The van der Waals surface area contributed by atoms with Crippen molar-refractivity contribution in [2.24, 2.45) is 5.92 Å². The first-order valence-corrected chi connectivity index (χ1v) is 8.29. The summed E-state index contributed by atoms with van der Waals surface area (Å²) in [6, 6.07) is 7.50. The number of hydrogen-bond donors (Lipinski definition) is 1.